The minimum Gasteiger partial charge on any atom is -0.309 e. The Kier molecular flexibility index (Phi) is 6.98. The Labute approximate surface area is 336 Å². The summed E-state index contributed by atoms with van der Waals surface area (Å²) in [6.07, 6.45) is 1.92. The number of fused-ring (bicyclic) bond motifs is 12. The first-order valence-corrected chi connectivity index (χ1v) is 20.1. The highest BCUT2D eigenvalue weighted by Gasteiger charge is 2.36. The van der Waals surface area contributed by atoms with Crippen molar-refractivity contribution in [3.05, 3.63) is 199 Å². The van der Waals surface area contributed by atoms with Crippen LogP contribution in [0, 0.1) is 0 Å². The van der Waals surface area contributed by atoms with Gasteiger partial charge < -0.3 is 4.57 Å². The zero-order valence-electron chi connectivity index (χ0n) is 32.2. The summed E-state index contributed by atoms with van der Waals surface area (Å²) < 4.78 is 2.42. The molecule has 272 valence electrons. The van der Waals surface area contributed by atoms with E-state index in [2.05, 4.69) is 200 Å². The minimum absolute atomic E-state index is 0.152. The SMILES string of the molecule is CC1(C)c2cc(-c3ccc(-c4cccc(-c5cnc6c7ccccc7c7ccccc7c6n5)c4)cc3)ccc2-c2ccc(-n3c4ccccc4c4ccccc43)cc21. The van der Waals surface area contributed by atoms with Gasteiger partial charge in [-0.3, -0.25) is 4.98 Å². The Morgan fingerprint density at radius 3 is 1.55 bits per heavy atom. The third-order valence-corrected chi connectivity index (χ3v) is 12.6. The maximum absolute atomic E-state index is 5.25. The van der Waals surface area contributed by atoms with Crippen molar-refractivity contribution in [2.75, 3.05) is 0 Å². The Balaban J connectivity index is 0.869. The normalized spacial score (nSPS) is 13.1. The fraction of sp³-hybridized carbons (Fsp3) is 0.0545. The lowest BCUT2D eigenvalue weighted by Gasteiger charge is -2.23. The van der Waals surface area contributed by atoms with Gasteiger partial charge in [-0.15, -0.1) is 0 Å². The molecule has 58 heavy (non-hydrogen) atoms. The molecule has 0 spiro atoms. The fourth-order valence-electron chi connectivity index (χ4n) is 9.72. The van der Waals surface area contributed by atoms with Crippen LogP contribution in [0.25, 0.3) is 105 Å². The molecule has 9 aromatic carbocycles. The summed E-state index contributed by atoms with van der Waals surface area (Å²) in [5, 5.41) is 7.23. The highest BCUT2D eigenvalue weighted by Crippen LogP contribution is 2.50. The van der Waals surface area contributed by atoms with Gasteiger partial charge in [0.1, 0.15) is 0 Å². The molecule has 0 unspecified atom stereocenters. The van der Waals surface area contributed by atoms with Gasteiger partial charge in [-0.1, -0.05) is 159 Å². The van der Waals surface area contributed by atoms with Crippen LogP contribution in [0.1, 0.15) is 25.0 Å². The smallest absolute Gasteiger partial charge is 0.0979 e. The number of rotatable bonds is 4. The van der Waals surface area contributed by atoms with Gasteiger partial charge in [-0.25, -0.2) is 4.98 Å². The fourth-order valence-corrected chi connectivity index (χ4v) is 9.72. The number of hydrogen-bond donors (Lipinski definition) is 0. The van der Waals surface area contributed by atoms with E-state index in [0.717, 1.165) is 38.6 Å². The van der Waals surface area contributed by atoms with Gasteiger partial charge in [-0.05, 0) is 91.7 Å². The molecule has 0 saturated heterocycles. The average molecular weight is 740 g/mol. The highest BCUT2D eigenvalue weighted by atomic mass is 15.0. The van der Waals surface area contributed by atoms with E-state index >= 15 is 0 Å². The van der Waals surface area contributed by atoms with Crippen LogP contribution in [0.4, 0.5) is 0 Å². The van der Waals surface area contributed by atoms with Crippen molar-refractivity contribution in [3.63, 3.8) is 0 Å². The molecule has 11 aromatic rings. The largest absolute Gasteiger partial charge is 0.309 e. The number of nitrogens with zero attached hydrogens (tertiary/aromatic N) is 3. The summed E-state index contributed by atoms with van der Waals surface area (Å²) in [5.41, 5.74) is 17.5. The van der Waals surface area contributed by atoms with E-state index in [1.54, 1.807) is 0 Å². The summed E-state index contributed by atoms with van der Waals surface area (Å²) in [4.78, 5) is 10.3. The van der Waals surface area contributed by atoms with Crippen LogP contribution in [0.5, 0.6) is 0 Å². The van der Waals surface area contributed by atoms with Crippen molar-refractivity contribution in [1.82, 2.24) is 14.5 Å². The van der Waals surface area contributed by atoms with Crippen LogP contribution >= 0.6 is 0 Å². The Hall–Kier alpha value is -7.36. The van der Waals surface area contributed by atoms with Gasteiger partial charge in [0.05, 0.1) is 34.0 Å². The molecule has 12 rings (SSSR count). The lowest BCUT2D eigenvalue weighted by molar-refractivity contribution is 0.660. The molecule has 2 aromatic heterocycles. The number of hydrogen-bond acceptors (Lipinski definition) is 2. The van der Waals surface area contributed by atoms with Crippen LogP contribution in [0.2, 0.25) is 0 Å². The van der Waals surface area contributed by atoms with E-state index in [4.69, 9.17) is 9.97 Å². The Morgan fingerprint density at radius 2 is 0.897 bits per heavy atom. The standard InChI is InChI=1S/C55H37N3/c1-55(2)48-31-37(26-28-42(48)43-29-27-39(32-49(43)55)58-51-20-9-7-16-44(51)45-17-8-10-21-52(45)58)35-24-22-34(23-25-35)36-12-11-13-38(30-36)50-33-56-53-46-18-5-3-14-40(46)41-15-4-6-19-47(41)54(53)57-50/h3-33H,1-2H3. The first kappa shape index (κ1) is 32.8. The lowest BCUT2D eigenvalue weighted by Crippen LogP contribution is -2.15. The third kappa shape index (κ3) is 4.80. The van der Waals surface area contributed by atoms with Gasteiger partial charge in [0.15, 0.2) is 0 Å². The van der Waals surface area contributed by atoms with E-state index in [1.807, 2.05) is 6.20 Å². The predicted molar refractivity (Wildman–Crippen MR) is 243 cm³/mol. The van der Waals surface area contributed by atoms with Crippen molar-refractivity contribution < 1.29 is 0 Å². The molecule has 0 radical (unpaired) electrons. The molecule has 1 aliphatic carbocycles. The minimum atomic E-state index is -0.152. The summed E-state index contributed by atoms with van der Waals surface area (Å²) in [5.74, 6) is 0. The molecule has 1 aliphatic rings. The number of para-hydroxylation sites is 2. The topological polar surface area (TPSA) is 30.7 Å². The molecule has 0 saturated carbocycles. The van der Waals surface area contributed by atoms with E-state index in [9.17, 15) is 0 Å². The monoisotopic (exact) mass is 739 g/mol. The average Bonchev–Trinajstić information content (AvgIpc) is 3.74. The van der Waals surface area contributed by atoms with Crippen molar-refractivity contribution in [2.24, 2.45) is 0 Å². The van der Waals surface area contributed by atoms with Crippen LogP contribution in [0.15, 0.2) is 188 Å². The highest BCUT2D eigenvalue weighted by molar-refractivity contribution is 6.23. The molecule has 3 heteroatoms. The molecule has 0 bridgehead atoms. The first-order valence-electron chi connectivity index (χ1n) is 20.1. The quantitative estimate of drug-likeness (QED) is 0.168. The lowest BCUT2D eigenvalue weighted by atomic mass is 9.81. The van der Waals surface area contributed by atoms with E-state index in [0.29, 0.717) is 0 Å². The second-order valence-electron chi connectivity index (χ2n) is 16.2. The summed E-state index contributed by atoms with van der Waals surface area (Å²) in [6.45, 7) is 4.75. The van der Waals surface area contributed by atoms with E-state index in [-0.39, 0.29) is 5.41 Å². The first-order chi connectivity index (χ1) is 28.5. The molecule has 0 atom stereocenters. The Bertz CT molecular complexity index is 3390. The molecule has 0 aliphatic heterocycles. The predicted octanol–water partition coefficient (Wildman–Crippen LogP) is 14.3. The van der Waals surface area contributed by atoms with Crippen molar-refractivity contribution in [1.29, 1.82) is 0 Å². The summed E-state index contributed by atoms with van der Waals surface area (Å²) in [6, 6.07) is 66.2. The van der Waals surface area contributed by atoms with Gasteiger partial charge in [-0.2, -0.15) is 0 Å². The number of benzene rings is 9. The molecule has 2 heterocycles. The molecule has 3 nitrogen and oxygen atoms in total. The number of aromatic nitrogens is 3. The second kappa shape index (κ2) is 12.3. The molecule has 0 amide bonds. The molecule has 0 N–H and O–H groups in total. The maximum atomic E-state index is 5.25. The summed E-state index contributed by atoms with van der Waals surface area (Å²) in [7, 11) is 0. The zero-order valence-corrected chi connectivity index (χ0v) is 32.2. The van der Waals surface area contributed by atoms with Gasteiger partial charge in [0.25, 0.3) is 0 Å². The maximum Gasteiger partial charge on any atom is 0.0979 e. The van der Waals surface area contributed by atoms with Crippen LogP contribution in [-0.4, -0.2) is 14.5 Å². The van der Waals surface area contributed by atoms with Crippen molar-refractivity contribution in [3.8, 4) is 50.3 Å². The third-order valence-electron chi connectivity index (χ3n) is 12.6. The van der Waals surface area contributed by atoms with Crippen molar-refractivity contribution >= 4 is 54.4 Å². The van der Waals surface area contributed by atoms with Crippen molar-refractivity contribution in [2.45, 2.75) is 19.3 Å². The van der Waals surface area contributed by atoms with Gasteiger partial charge in [0, 0.05) is 38.2 Å². The van der Waals surface area contributed by atoms with E-state index in [1.165, 1.54) is 77.2 Å². The molecule has 0 fully saturated rings. The van der Waals surface area contributed by atoms with Gasteiger partial charge >= 0.3 is 0 Å². The molecular weight excluding hydrogens is 703 g/mol. The van der Waals surface area contributed by atoms with E-state index < -0.39 is 0 Å². The van der Waals surface area contributed by atoms with Crippen LogP contribution in [-0.2, 0) is 5.41 Å². The Morgan fingerprint density at radius 1 is 0.397 bits per heavy atom. The summed E-state index contributed by atoms with van der Waals surface area (Å²) >= 11 is 0. The van der Waals surface area contributed by atoms with Crippen LogP contribution in [0.3, 0.4) is 0 Å². The van der Waals surface area contributed by atoms with Gasteiger partial charge in [0.2, 0.25) is 0 Å². The zero-order chi connectivity index (χ0) is 38.5. The molecular formula is C55H37N3. The van der Waals surface area contributed by atoms with Crippen LogP contribution < -0.4 is 0 Å². The second-order valence-corrected chi connectivity index (χ2v) is 16.2.